The van der Waals surface area contributed by atoms with Crippen molar-refractivity contribution in [2.45, 2.75) is 57.9 Å². The molecule has 1 atom stereocenters. The number of methoxy groups -OCH3 is 1. The van der Waals surface area contributed by atoms with Crippen LogP contribution in [0.1, 0.15) is 66.2 Å². The van der Waals surface area contributed by atoms with Crippen molar-refractivity contribution >= 4 is 5.91 Å². The number of likely N-dealkylation sites (N-methyl/N-ethyl adjacent to an activating group) is 1. The smallest absolute Gasteiger partial charge is 0.257 e. The van der Waals surface area contributed by atoms with E-state index < -0.39 is 0 Å². The Hall–Kier alpha value is -3.26. The number of benzene rings is 1. The number of fused-ring (bicyclic) bond motifs is 3. The van der Waals surface area contributed by atoms with Crippen molar-refractivity contribution < 1.29 is 9.53 Å². The maximum Gasteiger partial charge on any atom is 0.257 e. The summed E-state index contributed by atoms with van der Waals surface area (Å²) >= 11 is 0. The summed E-state index contributed by atoms with van der Waals surface area (Å²) in [6.45, 7) is 7.98. The van der Waals surface area contributed by atoms with Gasteiger partial charge in [0.05, 0.1) is 30.3 Å². The molecule has 1 saturated heterocycles. The third-order valence-corrected chi connectivity index (χ3v) is 8.06. The third kappa shape index (κ3) is 3.97. The number of nitrogens with zero attached hydrogens (tertiary/aromatic N) is 6. The summed E-state index contributed by atoms with van der Waals surface area (Å²) in [5.74, 6) is 1.78. The SMILES string of the molecule is CCN(CC)[C@H]1CCN(C(=O)c2cnn(-c3ncc4c(n3)-c3cc(OC)ccc3CC4)c2C2CC2)C1. The summed E-state index contributed by atoms with van der Waals surface area (Å²) < 4.78 is 7.29. The van der Waals surface area contributed by atoms with E-state index in [0.29, 0.717) is 23.5 Å². The van der Waals surface area contributed by atoms with Gasteiger partial charge in [0.2, 0.25) is 0 Å². The van der Waals surface area contributed by atoms with Crippen molar-refractivity contribution in [1.29, 1.82) is 0 Å². The summed E-state index contributed by atoms with van der Waals surface area (Å²) in [4.78, 5) is 27.8. The van der Waals surface area contributed by atoms with Gasteiger partial charge in [-0.05, 0) is 68.5 Å². The highest BCUT2D eigenvalue weighted by Gasteiger charge is 2.37. The van der Waals surface area contributed by atoms with E-state index in [1.54, 1.807) is 13.3 Å². The first kappa shape index (κ1) is 23.2. The summed E-state index contributed by atoms with van der Waals surface area (Å²) in [6.07, 6.45) is 8.70. The minimum absolute atomic E-state index is 0.0887. The van der Waals surface area contributed by atoms with Gasteiger partial charge in [-0.3, -0.25) is 9.69 Å². The van der Waals surface area contributed by atoms with E-state index in [0.717, 1.165) is 86.5 Å². The standard InChI is InChI=1S/C28H34N6O2/c1-4-32(5-2)21-12-13-33(17-21)27(35)24-16-30-34(26(24)19-7-8-19)28-29-15-20-9-6-18-10-11-22(36-3)14-23(18)25(20)31-28/h10-11,14-16,19,21H,4-9,12-13,17H2,1-3H3/t21-/m0/s1. The molecule has 1 aromatic carbocycles. The molecule has 1 amide bonds. The molecule has 0 bridgehead atoms. The molecule has 0 spiro atoms. The fourth-order valence-electron chi connectivity index (χ4n) is 5.87. The van der Waals surface area contributed by atoms with Gasteiger partial charge in [0.25, 0.3) is 11.9 Å². The molecule has 188 valence electrons. The van der Waals surface area contributed by atoms with Gasteiger partial charge >= 0.3 is 0 Å². The second kappa shape index (κ2) is 9.32. The average Bonchev–Trinajstić information content (AvgIpc) is 3.47. The molecule has 1 saturated carbocycles. The van der Waals surface area contributed by atoms with E-state index in [1.807, 2.05) is 21.8 Å². The van der Waals surface area contributed by atoms with Crippen LogP contribution in [-0.4, -0.2) is 74.8 Å². The van der Waals surface area contributed by atoms with Crippen molar-refractivity contribution in [3.8, 4) is 23.0 Å². The van der Waals surface area contributed by atoms with E-state index in [2.05, 4.69) is 36.0 Å². The summed E-state index contributed by atoms with van der Waals surface area (Å²) in [7, 11) is 1.69. The Morgan fingerprint density at radius 3 is 2.67 bits per heavy atom. The number of ether oxygens (including phenoxy) is 1. The molecule has 0 N–H and O–H groups in total. The number of amides is 1. The van der Waals surface area contributed by atoms with Crippen LogP contribution in [0.5, 0.6) is 5.75 Å². The highest BCUT2D eigenvalue weighted by atomic mass is 16.5. The molecule has 1 aliphatic heterocycles. The average molecular weight is 487 g/mol. The maximum absolute atomic E-state index is 13.7. The Balaban J connectivity index is 1.34. The van der Waals surface area contributed by atoms with E-state index in [4.69, 9.17) is 14.7 Å². The van der Waals surface area contributed by atoms with Gasteiger partial charge in [-0.25, -0.2) is 14.6 Å². The Kier molecular flexibility index (Phi) is 5.99. The Bertz CT molecular complexity index is 1290. The van der Waals surface area contributed by atoms with Gasteiger partial charge in [0.1, 0.15) is 5.75 Å². The van der Waals surface area contributed by atoms with Crippen molar-refractivity contribution in [2.24, 2.45) is 0 Å². The number of rotatable bonds is 7. The lowest BCUT2D eigenvalue weighted by Gasteiger charge is -2.26. The van der Waals surface area contributed by atoms with E-state index in [9.17, 15) is 4.79 Å². The number of hydrogen-bond acceptors (Lipinski definition) is 6. The van der Waals surface area contributed by atoms with Gasteiger partial charge < -0.3 is 9.64 Å². The number of aromatic nitrogens is 4. The quantitative estimate of drug-likeness (QED) is 0.505. The van der Waals surface area contributed by atoms with Crippen molar-refractivity contribution in [2.75, 3.05) is 33.3 Å². The van der Waals surface area contributed by atoms with Crippen LogP contribution < -0.4 is 4.74 Å². The van der Waals surface area contributed by atoms with Crippen LogP contribution in [0.2, 0.25) is 0 Å². The Morgan fingerprint density at radius 2 is 1.92 bits per heavy atom. The van der Waals surface area contributed by atoms with Crippen LogP contribution >= 0.6 is 0 Å². The highest BCUT2D eigenvalue weighted by Crippen LogP contribution is 2.43. The van der Waals surface area contributed by atoms with Gasteiger partial charge in [-0.2, -0.15) is 5.10 Å². The second-order valence-electron chi connectivity index (χ2n) is 10.1. The summed E-state index contributed by atoms with van der Waals surface area (Å²) in [5.41, 5.74) is 6.11. The van der Waals surface area contributed by atoms with Crippen LogP contribution in [0.25, 0.3) is 17.2 Å². The molecule has 8 heteroatoms. The zero-order valence-corrected chi connectivity index (χ0v) is 21.4. The van der Waals surface area contributed by atoms with Gasteiger partial charge in [0.15, 0.2) is 0 Å². The lowest BCUT2D eigenvalue weighted by atomic mass is 9.90. The third-order valence-electron chi connectivity index (χ3n) is 8.06. The second-order valence-corrected chi connectivity index (χ2v) is 10.1. The van der Waals surface area contributed by atoms with Gasteiger partial charge in [-0.1, -0.05) is 19.9 Å². The molecule has 3 aliphatic rings. The lowest BCUT2D eigenvalue weighted by Crippen LogP contribution is -2.38. The first-order valence-corrected chi connectivity index (χ1v) is 13.3. The van der Waals surface area contributed by atoms with E-state index >= 15 is 0 Å². The predicted molar refractivity (Wildman–Crippen MR) is 138 cm³/mol. The summed E-state index contributed by atoms with van der Waals surface area (Å²) in [6, 6.07) is 6.63. The van der Waals surface area contributed by atoms with Gasteiger partial charge in [-0.15, -0.1) is 0 Å². The molecule has 3 aromatic rings. The molecule has 36 heavy (non-hydrogen) atoms. The predicted octanol–water partition coefficient (Wildman–Crippen LogP) is 3.87. The monoisotopic (exact) mass is 486 g/mol. The fraction of sp³-hybridized carbons (Fsp3) is 0.500. The number of aryl methyl sites for hydroxylation is 2. The largest absolute Gasteiger partial charge is 0.497 e. The van der Waals surface area contributed by atoms with Crippen molar-refractivity contribution in [1.82, 2.24) is 29.5 Å². The lowest BCUT2D eigenvalue weighted by molar-refractivity contribution is 0.0776. The number of carbonyl (C=O) groups excluding carboxylic acids is 1. The minimum Gasteiger partial charge on any atom is -0.497 e. The Labute approximate surface area is 212 Å². The van der Waals surface area contributed by atoms with E-state index in [1.165, 1.54) is 5.56 Å². The Morgan fingerprint density at radius 1 is 1.11 bits per heavy atom. The van der Waals surface area contributed by atoms with Crippen molar-refractivity contribution in [3.63, 3.8) is 0 Å². The van der Waals surface area contributed by atoms with Crippen LogP contribution in [-0.2, 0) is 12.8 Å². The first-order valence-electron chi connectivity index (χ1n) is 13.3. The highest BCUT2D eigenvalue weighted by molar-refractivity contribution is 5.95. The molecular weight excluding hydrogens is 452 g/mol. The number of likely N-dealkylation sites (tertiary alicyclic amines) is 1. The molecular formula is C28H34N6O2. The fourth-order valence-corrected chi connectivity index (χ4v) is 5.87. The molecule has 8 nitrogen and oxygen atoms in total. The van der Waals surface area contributed by atoms with Crippen LogP contribution in [0.15, 0.2) is 30.6 Å². The zero-order valence-electron chi connectivity index (χ0n) is 21.4. The molecule has 0 unspecified atom stereocenters. The molecule has 6 rings (SSSR count). The summed E-state index contributed by atoms with van der Waals surface area (Å²) in [5, 5.41) is 4.67. The molecule has 2 aliphatic carbocycles. The first-order chi connectivity index (χ1) is 17.6. The number of hydrogen-bond donors (Lipinski definition) is 0. The van der Waals surface area contributed by atoms with Crippen LogP contribution in [0.4, 0.5) is 0 Å². The van der Waals surface area contributed by atoms with Crippen LogP contribution in [0, 0.1) is 0 Å². The van der Waals surface area contributed by atoms with Gasteiger partial charge in [0, 0.05) is 36.8 Å². The topological polar surface area (TPSA) is 76.4 Å². The molecule has 0 radical (unpaired) electrons. The van der Waals surface area contributed by atoms with Crippen LogP contribution in [0.3, 0.4) is 0 Å². The maximum atomic E-state index is 13.7. The molecule has 2 aromatic heterocycles. The molecule has 2 fully saturated rings. The molecule has 3 heterocycles. The number of carbonyl (C=O) groups is 1. The normalized spacial score (nSPS) is 18.9. The van der Waals surface area contributed by atoms with Crippen molar-refractivity contribution in [3.05, 3.63) is 53.0 Å². The zero-order chi connectivity index (χ0) is 24.8. The minimum atomic E-state index is 0.0887. The van der Waals surface area contributed by atoms with E-state index in [-0.39, 0.29) is 5.91 Å².